The fraction of sp³-hybridized carbons (Fsp3) is 0.588. The van der Waals surface area contributed by atoms with Crippen LogP contribution in [0.1, 0.15) is 41.5 Å². The number of halogens is 2. The lowest BCUT2D eigenvalue weighted by Crippen LogP contribution is -2.49. The fourth-order valence-electron chi connectivity index (χ4n) is 1.95. The third-order valence-electron chi connectivity index (χ3n) is 3.01. The van der Waals surface area contributed by atoms with Crippen molar-refractivity contribution in [1.29, 1.82) is 0 Å². The molecule has 1 rings (SSSR count). The number of rotatable bonds is 4. The number of carbonyl (C=O) groups excluding carboxylic acids is 1. The maximum Gasteiger partial charge on any atom is 0.410 e. The molecule has 6 heteroatoms. The van der Waals surface area contributed by atoms with Crippen molar-refractivity contribution in [2.75, 3.05) is 18.4 Å². The summed E-state index contributed by atoms with van der Waals surface area (Å²) in [5, 5.41) is 4.06. The van der Waals surface area contributed by atoms with Crippen LogP contribution in [0.3, 0.4) is 0 Å². The number of nitrogens with zero attached hydrogens (tertiary/aromatic N) is 1. The molecule has 1 N–H and O–H groups in total. The molecule has 0 unspecified atom stereocenters. The second kappa shape index (κ2) is 7.92. The van der Waals surface area contributed by atoms with Crippen molar-refractivity contribution in [3.8, 4) is 0 Å². The van der Waals surface area contributed by atoms with Gasteiger partial charge in [-0.2, -0.15) is 0 Å². The summed E-state index contributed by atoms with van der Waals surface area (Å²) < 4.78 is 6.56. The topological polar surface area (TPSA) is 41.6 Å². The van der Waals surface area contributed by atoms with Crippen LogP contribution in [0.15, 0.2) is 18.2 Å². The molecular weight excluding hydrogens is 427 g/mol. The highest BCUT2D eigenvalue weighted by molar-refractivity contribution is 14.1. The Labute approximate surface area is 158 Å². The van der Waals surface area contributed by atoms with E-state index in [9.17, 15) is 4.79 Å². The Morgan fingerprint density at radius 2 is 1.87 bits per heavy atom. The lowest BCUT2D eigenvalue weighted by Gasteiger charge is -2.37. The summed E-state index contributed by atoms with van der Waals surface area (Å²) in [6, 6.07) is 5.69. The summed E-state index contributed by atoms with van der Waals surface area (Å²) in [5.41, 5.74) is 0.199. The van der Waals surface area contributed by atoms with Crippen molar-refractivity contribution in [3.05, 3.63) is 26.8 Å². The molecule has 1 aromatic carbocycles. The van der Waals surface area contributed by atoms with E-state index in [4.69, 9.17) is 16.3 Å². The van der Waals surface area contributed by atoms with Gasteiger partial charge in [0.15, 0.2) is 0 Å². The minimum atomic E-state index is -0.500. The van der Waals surface area contributed by atoms with E-state index in [2.05, 4.69) is 27.9 Å². The summed E-state index contributed by atoms with van der Waals surface area (Å²) in [6.45, 7) is 12.8. The van der Waals surface area contributed by atoms with Gasteiger partial charge in [-0.1, -0.05) is 11.6 Å². The number of hydrogen-bond donors (Lipinski definition) is 1. The molecule has 0 aliphatic rings. The van der Waals surface area contributed by atoms with Crippen molar-refractivity contribution in [1.82, 2.24) is 4.90 Å². The Morgan fingerprint density at radius 3 is 2.35 bits per heavy atom. The number of amides is 1. The molecule has 4 nitrogen and oxygen atoms in total. The Morgan fingerprint density at radius 1 is 1.26 bits per heavy atom. The van der Waals surface area contributed by atoms with E-state index in [-0.39, 0.29) is 11.6 Å². The minimum absolute atomic E-state index is 0.294. The lowest BCUT2D eigenvalue weighted by molar-refractivity contribution is 0.00749. The Hall–Kier alpha value is -0.690. The van der Waals surface area contributed by atoms with Gasteiger partial charge >= 0.3 is 6.09 Å². The minimum Gasteiger partial charge on any atom is -0.444 e. The Balaban J connectivity index is 2.70. The molecule has 0 saturated carbocycles. The highest BCUT2D eigenvalue weighted by Crippen LogP contribution is 2.23. The van der Waals surface area contributed by atoms with Crippen molar-refractivity contribution < 1.29 is 9.53 Å². The van der Waals surface area contributed by atoms with Gasteiger partial charge in [-0.05, 0) is 82.3 Å². The number of carbonyl (C=O) groups is 1. The first-order valence-electron chi connectivity index (χ1n) is 7.60. The van der Waals surface area contributed by atoms with Gasteiger partial charge in [0, 0.05) is 32.9 Å². The van der Waals surface area contributed by atoms with E-state index in [0.717, 1.165) is 9.26 Å². The smallest absolute Gasteiger partial charge is 0.410 e. The van der Waals surface area contributed by atoms with E-state index in [1.165, 1.54) is 0 Å². The van der Waals surface area contributed by atoms with E-state index < -0.39 is 5.60 Å². The largest absolute Gasteiger partial charge is 0.444 e. The number of ether oxygens (including phenoxy) is 1. The van der Waals surface area contributed by atoms with E-state index in [1.807, 2.05) is 59.7 Å². The van der Waals surface area contributed by atoms with Gasteiger partial charge in [0.05, 0.1) is 0 Å². The third-order valence-corrected chi connectivity index (χ3v) is 4.13. The summed E-state index contributed by atoms with van der Waals surface area (Å²) in [7, 11) is 0. The molecule has 0 bridgehead atoms. The Kier molecular flexibility index (Phi) is 7.01. The highest BCUT2D eigenvalue weighted by Gasteiger charge is 2.30. The van der Waals surface area contributed by atoms with Gasteiger partial charge in [0.1, 0.15) is 5.60 Å². The van der Waals surface area contributed by atoms with Crippen LogP contribution in [0.5, 0.6) is 0 Å². The van der Waals surface area contributed by atoms with Crippen LogP contribution in [0, 0.1) is 3.57 Å². The van der Waals surface area contributed by atoms with Gasteiger partial charge in [0.2, 0.25) is 0 Å². The molecule has 0 aliphatic heterocycles. The second-order valence-electron chi connectivity index (χ2n) is 7.35. The molecule has 1 aromatic rings. The van der Waals surface area contributed by atoms with Gasteiger partial charge in [-0.25, -0.2) is 4.79 Å². The number of hydrogen-bond acceptors (Lipinski definition) is 3. The first kappa shape index (κ1) is 20.4. The van der Waals surface area contributed by atoms with Crippen molar-refractivity contribution >= 4 is 46.0 Å². The third kappa shape index (κ3) is 7.16. The second-order valence-corrected chi connectivity index (χ2v) is 8.95. The van der Waals surface area contributed by atoms with E-state index in [0.29, 0.717) is 18.1 Å². The number of nitrogens with one attached hydrogen (secondary N) is 1. The summed E-state index contributed by atoms with van der Waals surface area (Å²) in [6.07, 6.45) is -0.294. The van der Waals surface area contributed by atoms with Crippen LogP contribution >= 0.6 is 34.2 Å². The first-order valence-corrected chi connectivity index (χ1v) is 9.05. The maximum atomic E-state index is 12.4. The molecule has 0 atom stereocenters. The monoisotopic (exact) mass is 452 g/mol. The molecule has 0 spiro atoms. The van der Waals surface area contributed by atoms with Crippen LogP contribution in [0.4, 0.5) is 10.5 Å². The van der Waals surface area contributed by atoms with Crippen LogP contribution in [0.25, 0.3) is 0 Å². The maximum absolute atomic E-state index is 12.4. The van der Waals surface area contributed by atoms with Crippen LogP contribution in [0.2, 0.25) is 5.02 Å². The molecule has 23 heavy (non-hydrogen) atoms. The summed E-state index contributed by atoms with van der Waals surface area (Å²) in [5.74, 6) is 0. The Bertz CT molecular complexity index is 551. The number of anilines is 1. The van der Waals surface area contributed by atoms with Gasteiger partial charge in [0.25, 0.3) is 0 Å². The van der Waals surface area contributed by atoms with Gasteiger partial charge in [-0.3, -0.25) is 0 Å². The van der Waals surface area contributed by atoms with Crippen molar-refractivity contribution in [2.24, 2.45) is 0 Å². The normalized spacial score (nSPS) is 12.0. The summed E-state index contributed by atoms with van der Waals surface area (Å²) >= 11 is 8.20. The molecule has 0 fully saturated rings. The molecule has 0 saturated heterocycles. The molecule has 0 aliphatic carbocycles. The summed E-state index contributed by atoms with van der Waals surface area (Å²) in [4.78, 5) is 14.2. The van der Waals surface area contributed by atoms with Gasteiger partial charge in [-0.15, -0.1) is 0 Å². The molecule has 1 amide bonds. The quantitative estimate of drug-likeness (QED) is 0.623. The predicted molar refractivity (Wildman–Crippen MR) is 105 cm³/mol. The zero-order valence-electron chi connectivity index (χ0n) is 14.7. The molecule has 130 valence electrons. The van der Waals surface area contributed by atoms with Gasteiger partial charge < -0.3 is 15.0 Å². The predicted octanol–water partition coefficient (Wildman–Crippen LogP) is 5.39. The molecule has 0 radical (unpaired) electrons. The van der Waals surface area contributed by atoms with Crippen molar-refractivity contribution in [2.45, 2.75) is 52.7 Å². The highest BCUT2D eigenvalue weighted by atomic mass is 127. The lowest BCUT2D eigenvalue weighted by atomic mass is 10.1. The standard InChI is InChI=1S/C17H26ClIN2O2/c1-16(2,3)21(15(22)23-17(4,5)6)10-9-20-14-8-7-12(18)11-13(14)19/h7-8,11,20H,9-10H2,1-6H3. The van der Waals surface area contributed by atoms with Crippen LogP contribution < -0.4 is 5.32 Å². The van der Waals surface area contributed by atoms with Crippen LogP contribution in [-0.4, -0.2) is 35.2 Å². The number of benzene rings is 1. The zero-order valence-corrected chi connectivity index (χ0v) is 17.6. The SMILES string of the molecule is CC(C)(C)OC(=O)N(CCNc1ccc(Cl)cc1I)C(C)(C)C. The first-order chi connectivity index (χ1) is 10.4. The fourth-order valence-corrected chi connectivity index (χ4v) is 3.01. The average Bonchev–Trinajstić information content (AvgIpc) is 2.32. The average molecular weight is 453 g/mol. The molecule has 0 aromatic heterocycles. The van der Waals surface area contributed by atoms with Crippen LogP contribution in [-0.2, 0) is 4.74 Å². The molecular formula is C17H26ClIN2O2. The van der Waals surface area contributed by atoms with E-state index >= 15 is 0 Å². The van der Waals surface area contributed by atoms with Crippen molar-refractivity contribution in [3.63, 3.8) is 0 Å². The molecule has 0 heterocycles. The zero-order chi connectivity index (χ0) is 17.8. The van der Waals surface area contributed by atoms with E-state index in [1.54, 1.807) is 4.90 Å².